The fourth-order valence-electron chi connectivity index (χ4n) is 3.92. The average Bonchev–Trinajstić information content (AvgIpc) is 3.63. The van der Waals surface area contributed by atoms with Crippen molar-refractivity contribution in [2.45, 2.75) is 26.2 Å². The summed E-state index contributed by atoms with van der Waals surface area (Å²) in [6.07, 6.45) is 7.58. The molecule has 2 aromatic carbocycles. The molecule has 0 aliphatic heterocycles. The quantitative estimate of drug-likeness (QED) is 0.412. The molecule has 1 saturated carbocycles. The second-order valence-corrected chi connectivity index (χ2v) is 8.56. The van der Waals surface area contributed by atoms with Gasteiger partial charge in [0.25, 0.3) is 0 Å². The van der Waals surface area contributed by atoms with E-state index >= 15 is 0 Å². The van der Waals surface area contributed by atoms with Crippen molar-refractivity contribution in [3.05, 3.63) is 65.9 Å². The summed E-state index contributed by atoms with van der Waals surface area (Å²) in [7, 11) is 1.64. The van der Waals surface area contributed by atoms with Crippen LogP contribution in [0.1, 0.15) is 30.9 Å². The molecule has 1 aliphatic carbocycles. The van der Waals surface area contributed by atoms with E-state index in [1.165, 1.54) is 6.08 Å². The minimum atomic E-state index is -0.107. The average molecular weight is 472 g/mol. The Morgan fingerprint density at radius 2 is 1.83 bits per heavy atom. The normalized spacial score (nSPS) is 13.9. The number of allylic oxidation sites excluding steroid dienone is 1. The van der Waals surface area contributed by atoms with Crippen LogP contribution in [-0.4, -0.2) is 30.3 Å². The molecule has 0 unspecified atom stereocenters. The number of nitrogen functional groups attached to an aromatic ring is 2. The van der Waals surface area contributed by atoms with Crippen LogP contribution >= 0.6 is 0 Å². The number of nitrogens with two attached hydrogens (primary N) is 2. The second kappa shape index (κ2) is 10.3. The van der Waals surface area contributed by atoms with Crippen LogP contribution in [0, 0.1) is 16.7 Å². The van der Waals surface area contributed by atoms with E-state index in [1.54, 1.807) is 13.3 Å². The zero-order valence-electron chi connectivity index (χ0n) is 20.0. The van der Waals surface area contributed by atoms with Crippen molar-refractivity contribution in [2.75, 3.05) is 31.8 Å². The van der Waals surface area contributed by atoms with Crippen LogP contribution in [0.2, 0.25) is 0 Å². The van der Waals surface area contributed by atoms with E-state index in [2.05, 4.69) is 16.0 Å². The maximum atomic E-state index is 8.96. The van der Waals surface area contributed by atoms with E-state index in [0.29, 0.717) is 37.0 Å². The van der Waals surface area contributed by atoms with Crippen LogP contribution in [0.25, 0.3) is 11.1 Å². The van der Waals surface area contributed by atoms with Gasteiger partial charge in [0.05, 0.1) is 32.0 Å². The molecule has 0 atom stereocenters. The molecular formula is C27H29N5O3. The molecule has 0 radical (unpaired) electrons. The van der Waals surface area contributed by atoms with Crippen LogP contribution in [0.4, 0.5) is 11.8 Å². The molecule has 0 saturated heterocycles. The highest BCUT2D eigenvalue weighted by Gasteiger charge is 2.41. The molecule has 1 aromatic heterocycles. The summed E-state index contributed by atoms with van der Waals surface area (Å²) in [5.41, 5.74) is 15.1. The Hall–Kier alpha value is -4.25. The Labute approximate surface area is 205 Å². The van der Waals surface area contributed by atoms with Gasteiger partial charge in [-0.15, -0.1) is 0 Å². The molecule has 1 fully saturated rings. The van der Waals surface area contributed by atoms with E-state index in [4.69, 9.17) is 30.9 Å². The minimum absolute atomic E-state index is 0.107. The lowest BCUT2D eigenvalue weighted by Crippen LogP contribution is -2.12. The predicted octanol–water partition coefficient (Wildman–Crippen LogP) is 4.54. The van der Waals surface area contributed by atoms with Gasteiger partial charge in [-0.1, -0.05) is 18.2 Å². The summed E-state index contributed by atoms with van der Waals surface area (Å²) in [5, 5.41) is 8.96. The third kappa shape index (κ3) is 5.64. The largest absolute Gasteiger partial charge is 0.497 e. The van der Waals surface area contributed by atoms with Gasteiger partial charge in [-0.2, -0.15) is 10.2 Å². The molecule has 3 aromatic rings. The number of nitriles is 1. The predicted molar refractivity (Wildman–Crippen MR) is 135 cm³/mol. The summed E-state index contributed by atoms with van der Waals surface area (Å²) in [6.45, 7) is 2.91. The maximum absolute atomic E-state index is 8.96. The first kappa shape index (κ1) is 23.9. The fraction of sp³-hybridized carbons (Fsp3) is 0.296. The lowest BCUT2D eigenvalue weighted by Gasteiger charge is -2.20. The number of methoxy groups -OCH3 is 1. The van der Waals surface area contributed by atoms with Gasteiger partial charge in [0, 0.05) is 29.7 Å². The Kier molecular flexibility index (Phi) is 7.06. The Balaban J connectivity index is 1.76. The number of hydrogen-bond donors (Lipinski definition) is 2. The van der Waals surface area contributed by atoms with Crippen molar-refractivity contribution in [2.24, 2.45) is 5.41 Å². The number of aromatic nitrogens is 2. The first-order valence-corrected chi connectivity index (χ1v) is 11.5. The second-order valence-electron chi connectivity index (χ2n) is 8.56. The van der Waals surface area contributed by atoms with Gasteiger partial charge in [-0.25, -0.2) is 4.98 Å². The SMILES string of the molecule is CCOc1cc(Cc2cnc(N)nc2N)cc(OCC2(C=CC#N)CC2)c1-c1ccc(OC)cc1. The zero-order valence-corrected chi connectivity index (χ0v) is 20.0. The van der Waals surface area contributed by atoms with Gasteiger partial charge < -0.3 is 25.7 Å². The van der Waals surface area contributed by atoms with Gasteiger partial charge >= 0.3 is 0 Å². The number of rotatable bonds is 10. The fourth-order valence-corrected chi connectivity index (χ4v) is 3.92. The molecule has 180 valence electrons. The van der Waals surface area contributed by atoms with Crippen LogP contribution in [-0.2, 0) is 6.42 Å². The molecule has 1 heterocycles. The Morgan fingerprint density at radius 3 is 2.43 bits per heavy atom. The number of ether oxygens (including phenoxy) is 3. The molecule has 1 aliphatic rings. The van der Waals surface area contributed by atoms with E-state index in [-0.39, 0.29) is 11.4 Å². The number of nitrogens with zero attached hydrogens (tertiary/aromatic N) is 3. The van der Waals surface area contributed by atoms with Gasteiger partial charge in [-0.05, 0) is 55.2 Å². The highest BCUT2D eigenvalue weighted by molar-refractivity contribution is 5.78. The molecule has 8 heteroatoms. The number of anilines is 2. The summed E-state index contributed by atoms with van der Waals surface area (Å²) in [4.78, 5) is 8.16. The van der Waals surface area contributed by atoms with Crippen molar-refractivity contribution < 1.29 is 14.2 Å². The molecule has 4 N–H and O–H groups in total. The van der Waals surface area contributed by atoms with Crippen molar-refractivity contribution in [3.63, 3.8) is 0 Å². The first-order valence-electron chi connectivity index (χ1n) is 11.5. The van der Waals surface area contributed by atoms with Crippen molar-refractivity contribution >= 4 is 11.8 Å². The topological polar surface area (TPSA) is 129 Å². The van der Waals surface area contributed by atoms with E-state index in [0.717, 1.165) is 40.8 Å². The van der Waals surface area contributed by atoms with Gasteiger partial charge in [0.15, 0.2) is 0 Å². The summed E-state index contributed by atoms with van der Waals surface area (Å²) < 4.78 is 17.8. The van der Waals surface area contributed by atoms with E-state index in [1.807, 2.05) is 49.4 Å². The molecule has 0 bridgehead atoms. The Morgan fingerprint density at radius 1 is 1.11 bits per heavy atom. The van der Waals surface area contributed by atoms with E-state index in [9.17, 15) is 0 Å². The molecule has 0 spiro atoms. The molecule has 4 rings (SSSR count). The molecule has 35 heavy (non-hydrogen) atoms. The van der Waals surface area contributed by atoms with Gasteiger partial charge in [-0.3, -0.25) is 0 Å². The maximum Gasteiger partial charge on any atom is 0.221 e. The van der Waals surface area contributed by atoms with Gasteiger partial charge in [0.2, 0.25) is 5.95 Å². The summed E-state index contributed by atoms with van der Waals surface area (Å²) in [5.74, 6) is 2.65. The van der Waals surface area contributed by atoms with Crippen molar-refractivity contribution in [1.29, 1.82) is 5.26 Å². The van der Waals surface area contributed by atoms with E-state index < -0.39 is 0 Å². The van der Waals surface area contributed by atoms with Crippen molar-refractivity contribution in [1.82, 2.24) is 9.97 Å². The first-order chi connectivity index (χ1) is 17.0. The minimum Gasteiger partial charge on any atom is -0.497 e. The zero-order chi connectivity index (χ0) is 24.8. The number of benzene rings is 2. The highest BCUT2D eigenvalue weighted by Crippen LogP contribution is 2.49. The third-order valence-corrected chi connectivity index (χ3v) is 6.03. The molecular weight excluding hydrogens is 442 g/mol. The summed E-state index contributed by atoms with van der Waals surface area (Å²) in [6, 6.07) is 13.9. The standard InChI is InChI=1S/C27H29N5O3/c1-3-34-22-14-18(13-20-16-31-26(30)32-25(20)29)15-23(35-17-27(10-11-27)9-4-12-28)24(22)19-5-7-21(33-2)8-6-19/h4-9,14-16H,3,10-11,13,17H2,1-2H3,(H4,29,30,31,32). The number of hydrogen-bond acceptors (Lipinski definition) is 8. The monoisotopic (exact) mass is 471 g/mol. The Bertz CT molecular complexity index is 1260. The molecule has 8 nitrogen and oxygen atoms in total. The van der Waals surface area contributed by atoms with Crippen LogP contribution in [0.5, 0.6) is 17.2 Å². The van der Waals surface area contributed by atoms with Crippen LogP contribution in [0.3, 0.4) is 0 Å². The third-order valence-electron chi connectivity index (χ3n) is 6.03. The van der Waals surface area contributed by atoms with Gasteiger partial charge in [0.1, 0.15) is 23.1 Å². The highest BCUT2D eigenvalue weighted by atomic mass is 16.5. The lowest BCUT2D eigenvalue weighted by molar-refractivity contribution is 0.263. The molecule has 0 amide bonds. The van der Waals surface area contributed by atoms with Crippen LogP contribution < -0.4 is 25.7 Å². The summed E-state index contributed by atoms with van der Waals surface area (Å²) >= 11 is 0. The van der Waals surface area contributed by atoms with Crippen molar-refractivity contribution in [3.8, 4) is 34.4 Å². The smallest absolute Gasteiger partial charge is 0.221 e. The lowest BCUT2D eigenvalue weighted by atomic mass is 9.98. The van der Waals surface area contributed by atoms with Crippen LogP contribution in [0.15, 0.2) is 54.7 Å².